The number of amides is 10. The van der Waals surface area contributed by atoms with E-state index in [9.17, 15) is 70.8 Å². The average molecular weight is 1570 g/mol. The van der Waals surface area contributed by atoms with Crippen LogP contribution in [-0.4, -0.2) is 204 Å². The van der Waals surface area contributed by atoms with Crippen molar-refractivity contribution >= 4 is 132 Å². The van der Waals surface area contributed by atoms with E-state index in [-0.39, 0.29) is 96.8 Å². The number of aliphatic imine (C=N–C) groups is 1. The van der Waals surface area contributed by atoms with Crippen LogP contribution in [0.25, 0.3) is 0 Å². The number of likely N-dealkylation sites (N-methyl/N-ethyl adjacent to an activating group) is 2. The van der Waals surface area contributed by atoms with E-state index in [0.29, 0.717) is 31.5 Å². The van der Waals surface area contributed by atoms with E-state index < -0.39 is 130 Å². The van der Waals surface area contributed by atoms with Crippen LogP contribution in [0.15, 0.2) is 131 Å². The van der Waals surface area contributed by atoms with Gasteiger partial charge in [-0.25, -0.2) is 0 Å². The summed E-state index contributed by atoms with van der Waals surface area (Å²) in [4.78, 5) is 158. The smallest absolute Gasteiger partial charge is 0.305 e. The van der Waals surface area contributed by atoms with Crippen molar-refractivity contribution in [3.63, 3.8) is 0 Å². The van der Waals surface area contributed by atoms with Crippen LogP contribution < -0.4 is 69.5 Å². The summed E-state index contributed by atoms with van der Waals surface area (Å²) in [6, 6.07) is 11.3. The number of carbonyl (C=O) groups excluding carboxylic acids is 10. The normalized spacial score (nSPS) is 22.5. The first-order chi connectivity index (χ1) is 51.4. The van der Waals surface area contributed by atoms with Crippen LogP contribution in [0.1, 0.15) is 116 Å². The zero-order chi connectivity index (χ0) is 78.7. The quantitative estimate of drug-likeness (QED) is 0.0104. The van der Waals surface area contributed by atoms with Crippen molar-refractivity contribution in [3.8, 4) is 0 Å². The molecule has 108 heavy (non-hydrogen) atoms. The number of carbonyl (C=O) groups is 11. The summed E-state index contributed by atoms with van der Waals surface area (Å²) >= 11 is 0.948. The number of para-hydroxylation sites is 1. The van der Waals surface area contributed by atoms with Gasteiger partial charge in [0.15, 0.2) is 11.7 Å². The van der Waals surface area contributed by atoms with Gasteiger partial charge in [0.1, 0.15) is 48.8 Å². The van der Waals surface area contributed by atoms with Crippen molar-refractivity contribution in [2.75, 3.05) is 67.7 Å². The molecular formula is C74H100N15O15S4+. The minimum atomic E-state index is -4.37. The Bertz CT molecular complexity index is 4090. The Morgan fingerprint density at radius 1 is 0.676 bits per heavy atom. The number of hydrogen-bond acceptors (Lipinski definition) is 18. The molecule has 0 unspecified atom stereocenters. The predicted octanol–water partition coefficient (Wildman–Crippen LogP) is 2.70. The Morgan fingerprint density at radius 2 is 1.31 bits per heavy atom. The maximum Gasteiger partial charge on any atom is 0.305 e. The second-order valence-electron chi connectivity index (χ2n) is 27.2. The van der Waals surface area contributed by atoms with Crippen LogP contribution in [0.4, 0.5) is 11.4 Å². The van der Waals surface area contributed by atoms with Gasteiger partial charge in [-0.3, -0.25) is 62.3 Å². The number of unbranched alkanes of at least 4 members (excludes halogenated alkanes) is 3. The molecule has 7 atom stereocenters. The summed E-state index contributed by atoms with van der Waals surface area (Å²) in [6.45, 7) is 11.3. The number of aliphatic carboxylic acids is 1. The number of nitrogens with one attached hydrogen (secondary N) is 10. The Labute approximate surface area is 641 Å². The molecule has 2 bridgehead atoms. The van der Waals surface area contributed by atoms with E-state index >= 15 is 0 Å². The van der Waals surface area contributed by atoms with Gasteiger partial charge in [-0.15, -0.1) is 11.8 Å². The number of fused-ring (bicyclic) bond motifs is 7. The highest BCUT2D eigenvalue weighted by atomic mass is 33.1. The molecule has 2 fully saturated rings. The van der Waals surface area contributed by atoms with Crippen LogP contribution in [0.2, 0.25) is 0 Å². The summed E-state index contributed by atoms with van der Waals surface area (Å²) in [7, 11) is -1.14. The second-order valence-corrected chi connectivity index (χ2v) is 32.2. The third-order valence-electron chi connectivity index (χ3n) is 18.6. The zero-order valence-electron chi connectivity index (χ0n) is 61.5. The van der Waals surface area contributed by atoms with Gasteiger partial charge in [0, 0.05) is 97.7 Å². The number of allylic oxidation sites excluding steroid dienone is 8. The lowest BCUT2D eigenvalue weighted by molar-refractivity contribution is -0.438. The number of carboxylic acids is 1. The molecule has 0 radical (unpaired) electrons. The van der Waals surface area contributed by atoms with E-state index in [1.54, 1.807) is 42.5 Å². The molecule has 3 aromatic carbocycles. The third-order valence-corrected chi connectivity index (χ3v) is 22.9. The molecule has 16 N–H and O–H groups in total. The van der Waals surface area contributed by atoms with Gasteiger partial charge in [-0.1, -0.05) is 114 Å². The van der Waals surface area contributed by atoms with Gasteiger partial charge in [0.2, 0.25) is 64.8 Å². The molecule has 0 aromatic heterocycles. The van der Waals surface area contributed by atoms with Crippen LogP contribution in [0.5, 0.6) is 0 Å². The molecule has 4 aliphatic rings. The van der Waals surface area contributed by atoms with E-state index in [1.807, 2.05) is 69.4 Å². The number of carboxylic acid groups (broad SMARTS) is 1. The number of rotatable bonds is 26. The number of benzene rings is 3. The summed E-state index contributed by atoms with van der Waals surface area (Å²) in [6.07, 6.45) is 15.9. The minimum Gasteiger partial charge on any atom is -0.481 e. The Morgan fingerprint density at radius 3 is 1.98 bits per heavy atom. The monoisotopic (exact) mass is 1570 g/mol. The number of hydrogen-bond donors (Lipinski definition) is 14. The molecule has 584 valence electrons. The SMILES string of the molecule is CCN1/C(=C/C=C/C=C/C=C/C2=[N+](CCCCCC(=O)NCCCC[C@@H]3NC(=O)CSC[C@@H](C(=O)NC)NC(=O)[C@H](Cc4ccccc4)NC(=O)[C@@H]4CSSC[C@H](NC3=O)C(=O)N[C@@H](CCCN=C(N)N)C(=O)NCC(=O)N[C@@H](CC(=O)O)C(=O)N4)c3ccccc3C2(C)C)C(C)(C)c2cc(S(=O)(=O)O)ccc21. The van der Waals surface area contributed by atoms with Gasteiger partial charge >= 0.3 is 5.97 Å². The van der Waals surface area contributed by atoms with Crippen molar-refractivity contribution in [1.29, 1.82) is 0 Å². The fourth-order valence-corrected chi connectivity index (χ4v) is 16.6. The fourth-order valence-electron chi connectivity index (χ4n) is 12.9. The topological polar surface area (TPSA) is 453 Å². The van der Waals surface area contributed by atoms with Gasteiger partial charge < -0.3 is 74.6 Å². The van der Waals surface area contributed by atoms with Gasteiger partial charge in [0.25, 0.3) is 10.1 Å². The lowest BCUT2D eigenvalue weighted by atomic mass is 9.81. The highest BCUT2D eigenvalue weighted by Gasteiger charge is 2.45. The lowest BCUT2D eigenvalue weighted by Crippen LogP contribution is -2.60. The molecule has 0 saturated carbocycles. The first-order valence-electron chi connectivity index (χ1n) is 35.8. The summed E-state index contributed by atoms with van der Waals surface area (Å²) in [5, 5.41) is 35.9. The standard InChI is InChI=1S/C74H99N15O15S4/c1-7-88-58-34-33-47(108(102,103)104)39-49(58)74(4,5)59(88)30-15-9-8-10-16-31-60-73(2,3)48-26-18-19-29-57(48)89(60)37-22-12-17-32-61(90)78-35-21-20-27-51-67(97)86-55-43-106-107-44-56(71(101)84-52(38-46-24-13-11-14-25-46)68(98)85-54(65(95)77-6)42-105-45-63(92)81-51)87-69(99)53(40-64(93)94)82-62(91)41-80-66(96)50(83-70(55)100)28-23-36-79-72(75)76/h8-11,13-16,18-19,24-26,29-31,33-34,39,50-56H,7,12,17,20-23,27-28,32,35-38,40-45H2,1-6H3,(H15-,75,76,77,78,79,80,81,82,83,84,85,86,87,90,91,92,93,94,95,96,97,98,99,100,101,102,103,104)/p+1/t50-,51-,52-,53-,54-,55-,56-/m0/s1. The molecular weight excluding hydrogens is 1470 g/mol. The molecule has 34 heteroatoms. The number of nitrogens with zero attached hydrogens (tertiary/aromatic N) is 3. The zero-order valence-corrected chi connectivity index (χ0v) is 64.8. The molecule has 4 aliphatic heterocycles. The average Bonchev–Trinajstić information content (AvgIpc) is 1.60. The van der Waals surface area contributed by atoms with Crippen molar-refractivity contribution in [2.24, 2.45) is 16.5 Å². The Hall–Kier alpha value is -9.51. The lowest BCUT2D eigenvalue weighted by Gasteiger charge is -2.27. The van der Waals surface area contributed by atoms with Crippen molar-refractivity contribution in [2.45, 2.75) is 163 Å². The Kier molecular flexibility index (Phi) is 32.7. The van der Waals surface area contributed by atoms with Crippen molar-refractivity contribution in [1.82, 2.24) is 53.2 Å². The third kappa shape index (κ3) is 25.0. The summed E-state index contributed by atoms with van der Waals surface area (Å²) in [5.74, 6) is -10.8. The highest BCUT2D eigenvalue weighted by molar-refractivity contribution is 8.76. The number of thioether (sulfide) groups is 1. The summed E-state index contributed by atoms with van der Waals surface area (Å²) in [5.41, 5.74) is 16.9. The number of nitrogens with two attached hydrogens (primary N) is 2. The van der Waals surface area contributed by atoms with E-state index in [4.69, 9.17) is 11.5 Å². The molecule has 30 nitrogen and oxygen atoms in total. The largest absolute Gasteiger partial charge is 0.481 e. The van der Waals surface area contributed by atoms with Crippen LogP contribution in [0, 0.1) is 0 Å². The predicted molar refractivity (Wildman–Crippen MR) is 418 cm³/mol. The molecule has 0 spiro atoms. The first-order valence-corrected chi connectivity index (χ1v) is 40.9. The van der Waals surface area contributed by atoms with E-state index in [1.165, 1.54) is 18.7 Å². The molecule has 3 aromatic rings. The number of guanidine groups is 1. The van der Waals surface area contributed by atoms with Crippen LogP contribution in [0.3, 0.4) is 0 Å². The highest BCUT2D eigenvalue weighted by Crippen LogP contribution is 2.48. The van der Waals surface area contributed by atoms with Gasteiger partial charge in [0.05, 0.1) is 29.0 Å². The van der Waals surface area contributed by atoms with E-state index in [2.05, 4.69) is 99.7 Å². The van der Waals surface area contributed by atoms with Crippen LogP contribution in [-0.2, 0) is 80.1 Å². The number of anilines is 1. The van der Waals surface area contributed by atoms with Crippen molar-refractivity contribution < 1.29 is 75.4 Å². The molecule has 2 saturated heterocycles. The molecule has 7 rings (SSSR count). The maximum absolute atomic E-state index is 14.6. The summed E-state index contributed by atoms with van der Waals surface area (Å²) < 4.78 is 36.1. The Balaban J connectivity index is 1.03. The van der Waals surface area contributed by atoms with Gasteiger partial charge in [-0.2, -0.15) is 13.0 Å². The van der Waals surface area contributed by atoms with Crippen molar-refractivity contribution in [3.05, 3.63) is 138 Å². The van der Waals surface area contributed by atoms with E-state index in [0.717, 1.165) is 74.5 Å². The molecule has 4 heterocycles. The minimum absolute atomic E-state index is 0.00230. The molecule has 0 aliphatic carbocycles. The van der Waals surface area contributed by atoms with Gasteiger partial charge in [-0.05, 0) is 101 Å². The first kappa shape index (κ1) is 85.7. The second kappa shape index (κ2) is 41.2. The van der Waals surface area contributed by atoms with Crippen LogP contribution >= 0.6 is 33.3 Å². The molecule has 10 amide bonds. The fraction of sp³-hybridized carbons (Fsp3) is 0.473. The maximum atomic E-state index is 14.6.